The van der Waals surface area contributed by atoms with Crippen LogP contribution >= 0.6 is 12.4 Å². The lowest BCUT2D eigenvalue weighted by atomic mass is 10.1. The van der Waals surface area contributed by atoms with Crippen LogP contribution < -0.4 is 10.6 Å². The molecule has 0 saturated carbocycles. The van der Waals surface area contributed by atoms with Crippen LogP contribution in [0.3, 0.4) is 0 Å². The summed E-state index contributed by atoms with van der Waals surface area (Å²) in [6.45, 7) is 3.24. The molecule has 1 amide bonds. The highest BCUT2D eigenvalue weighted by Gasteiger charge is 2.35. The lowest BCUT2D eigenvalue weighted by Crippen LogP contribution is -2.32. The number of nitrogens with one attached hydrogen (secondary N) is 2. The van der Waals surface area contributed by atoms with E-state index in [1.54, 1.807) is 0 Å². The highest BCUT2D eigenvalue weighted by Crippen LogP contribution is 2.32. The highest BCUT2D eigenvalue weighted by atomic mass is 35.5. The molecule has 0 fully saturated rings. The van der Waals surface area contributed by atoms with Crippen molar-refractivity contribution in [2.45, 2.75) is 13.1 Å². The van der Waals surface area contributed by atoms with Crippen molar-refractivity contribution in [1.29, 1.82) is 0 Å². The molecule has 0 spiro atoms. The largest absolute Gasteiger partial charge is 0.419 e. The molecule has 0 aliphatic carbocycles. The molecular formula is C12H15ClF4N2O. The van der Waals surface area contributed by atoms with Gasteiger partial charge in [0.15, 0.2) is 0 Å². The molecule has 0 aliphatic rings. The van der Waals surface area contributed by atoms with E-state index >= 15 is 0 Å². The van der Waals surface area contributed by atoms with Crippen LogP contribution in [-0.2, 0) is 6.18 Å². The van der Waals surface area contributed by atoms with Crippen LogP contribution in [0, 0.1) is 5.82 Å². The smallest absolute Gasteiger partial charge is 0.351 e. The lowest BCUT2D eigenvalue weighted by molar-refractivity contribution is -0.140. The molecule has 0 aromatic heterocycles. The molecule has 1 aromatic carbocycles. The monoisotopic (exact) mass is 314 g/mol. The molecule has 114 valence electrons. The van der Waals surface area contributed by atoms with Crippen molar-refractivity contribution >= 4 is 18.3 Å². The predicted octanol–water partition coefficient (Wildman–Crippen LogP) is 2.61. The van der Waals surface area contributed by atoms with Gasteiger partial charge in [0.2, 0.25) is 0 Å². The zero-order valence-electron chi connectivity index (χ0n) is 10.7. The summed E-state index contributed by atoms with van der Waals surface area (Å²) < 4.78 is 51.0. The molecule has 0 saturated heterocycles. The molecule has 0 heterocycles. The number of carbonyl (C=O) groups excluding carboxylic acids is 1. The molecule has 0 radical (unpaired) electrons. The molecule has 0 bridgehead atoms. The minimum Gasteiger partial charge on any atom is -0.351 e. The quantitative estimate of drug-likeness (QED) is 0.648. The Bertz CT molecular complexity index is 452. The Morgan fingerprint density at radius 3 is 2.45 bits per heavy atom. The predicted molar refractivity (Wildman–Crippen MR) is 69.5 cm³/mol. The summed E-state index contributed by atoms with van der Waals surface area (Å²) in [5.41, 5.74) is -2.04. The average Bonchev–Trinajstić information content (AvgIpc) is 2.33. The zero-order chi connectivity index (χ0) is 14.5. The Morgan fingerprint density at radius 2 is 1.90 bits per heavy atom. The minimum absolute atomic E-state index is 0. The summed E-state index contributed by atoms with van der Waals surface area (Å²) in [4.78, 5) is 11.6. The number of alkyl halides is 3. The van der Waals surface area contributed by atoms with Crippen LogP contribution in [0.4, 0.5) is 17.6 Å². The first-order valence-corrected chi connectivity index (χ1v) is 5.72. The van der Waals surface area contributed by atoms with E-state index in [9.17, 15) is 22.4 Å². The molecule has 2 N–H and O–H groups in total. The molecule has 3 nitrogen and oxygen atoms in total. The van der Waals surface area contributed by atoms with Crippen molar-refractivity contribution in [3.8, 4) is 0 Å². The van der Waals surface area contributed by atoms with E-state index in [0.717, 1.165) is 12.1 Å². The summed E-state index contributed by atoms with van der Waals surface area (Å²) in [6.07, 6.45) is -4.82. The first-order chi connectivity index (χ1) is 8.88. The van der Waals surface area contributed by atoms with E-state index in [1.807, 2.05) is 6.92 Å². The maximum Gasteiger partial charge on any atom is 0.419 e. The molecule has 1 aromatic rings. The van der Waals surface area contributed by atoms with Gasteiger partial charge >= 0.3 is 6.18 Å². The number of hydrogen-bond donors (Lipinski definition) is 2. The number of likely N-dealkylation sites (N-methyl/N-ethyl adjacent to an activating group) is 1. The zero-order valence-corrected chi connectivity index (χ0v) is 11.5. The number of halogens is 5. The van der Waals surface area contributed by atoms with Gasteiger partial charge in [-0.2, -0.15) is 13.2 Å². The number of benzene rings is 1. The normalized spacial score (nSPS) is 10.8. The molecular weight excluding hydrogens is 300 g/mol. The summed E-state index contributed by atoms with van der Waals surface area (Å²) in [6, 6.07) is 2.63. The van der Waals surface area contributed by atoms with E-state index in [1.165, 1.54) is 0 Å². The van der Waals surface area contributed by atoms with Gasteiger partial charge in [-0.05, 0) is 18.7 Å². The third kappa shape index (κ3) is 4.97. The fourth-order valence-electron chi connectivity index (χ4n) is 1.46. The molecule has 0 aliphatic heterocycles. The standard InChI is InChI=1S/C12H14F4N2O.ClH/c1-2-17-6-7-18-11(19)8-4-3-5-9(10(8)13)12(14,15)16;/h3-5,17H,2,6-7H2,1H3,(H,18,19);1H. The summed E-state index contributed by atoms with van der Waals surface area (Å²) in [5.74, 6) is -2.41. The third-order valence-corrected chi connectivity index (χ3v) is 2.39. The second-order valence-corrected chi connectivity index (χ2v) is 3.77. The SMILES string of the molecule is CCNCCNC(=O)c1cccc(C(F)(F)F)c1F.Cl. The maximum absolute atomic E-state index is 13.6. The molecule has 20 heavy (non-hydrogen) atoms. The van der Waals surface area contributed by atoms with E-state index < -0.39 is 29.0 Å². The Balaban J connectivity index is 0.00000361. The van der Waals surface area contributed by atoms with Gasteiger partial charge in [0.1, 0.15) is 5.82 Å². The van der Waals surface area contributed by atoms with Crippen LogP contribution in [0.15, 0.2) is 18.2 Å². The number of hydrogen-bond acceptors (Lipinski definition) is 2. The van der Waals surface area contributed by atoms with Crippen LogP contribution in [0.25, 0.3) is 0 Å². The number of rotatable bonds is 5. The summed E-state index contributed by atoms with van der Waals surface area (Å²) in [7, 11) is 0. The molecule has 0 atom stereocenters. The van der Waals surface area contributed by atoms with Crippen molar-refractivity contribution in [3.63, 3.8) is 0 Å². The van der Waals surface area contributed by atoms with Gasteiger partial charge in [0.25, 0.3) is 5.91 Å². The third-order valence-electron chi connectivity index (χ3n) is 2.39. The van der Waals surface area contributed by atoms with E-state index in [-0.39, 0.29) is 19.0 Å². The van der Waals surface area contributed by atoms with Crippen LogP contribution in [0.1, 0.15) is 22.8 Å². The van der Waals surface area contributed by atoms with Crippen LogP contribution in [-0.4, -0.2) is 25.5 Å². The summed E-state index contributed by atoms with van der Waals surface area (Å²) >= 11 is 0. The molecule has 0 unspecified atom stereocenters. The first kappa shape index (κ1) is 18.7. The fourth-order valence-corrected chi connectivity index (χ4v) is 1.46. The van der Waals surface area contributed by atoms with Crippen LogP contribution in [0.2, 0.25) is 0 Å². The highest BCUT2D eigenvalue weighted by molar-refractivity contribution is 5.94. The second-order valence-electron chi connectivity index (χ2n) is 3.77. The Kier molecular flexibility index (Phi) is 7.52. The second kappa shape index (κ2) is 8.06. The Labute approximate surface area is 120 Å². The Hall–Kier alpha value is -1.34. The van der Waals surface area contributed by atoms with Gasteiger partial charge in [-0.15, -0.1) is 12.4 Å². The fraction of sp³-hybridized carbons (Fsp3) is 0.417. The van der Waals surface area contributed by atoms with Crippen LogP contribution in [0.5, 0.6) is 0 Å². The van der Waals surface area contributed by atoms with Gasteiger partial charge < -0.3 is 10.6 Å². The number of carbonyl (C=O) groups is 1. The molecule has 8 heteroatoms. The van der Waals surface area contributed by atoms with Crippen molar-refractivity contribution in [1.82, 2.24) is 10.6 Å². The van der Waals surface area contributed by atoms with E-state index in [2.05, 4.69) is 10.6 Å². The van der Waals surface area contributed by atoms with E-state index in [0.29, 0.717) is 19.2 Å². The lowest BCUT2D eigenvalue weighted by Gasteiger charge is -2.11. The van der Waals surface area contributed by atoms with Gasteiger partial charge in [-0.25, -0.2) is 4.39 Å². The molecule has 1 rings (SSSR count). The van der Waals surface area contributed by atoms with Gasteiger partial charge in [0, 0.05) is 13.1 Å². The van der Waals surface area contributed by atoms with Crippen molar-refractivity contribution in [3.05, 3.63) is 35.1 Å². The first-order valence-electron chi connectivity index (χ1n) is 5.72. The van der Waals surface area contributed by atoms with Crippen molar-refractivity contribution < 1.29 is 22.4 Å². The summed E-state index contributed by atoms with van der Waals surface area (Å²) in [5, 5.41) is 5.26. The average molecular weight is 315 g/mol. The maximum atomic E-state index is 13.6. The van der Waals surface area contributed by atoms with Crippen molar-refractivity contribution in [2.24, 2.45) is 0 Å². The van der Waals surface area contributed by atoms with Gasteiger partial charge in [-0.1, -0.05) is 13.0 Å². The van der Waals surface area contributed by atoms with Gasteiger partial charge in [0.05, 0.1) is 11.1 Å². The van der Waals surface area contributed by atoms with Gasteiger partial charge in [-0.3, -0.25) is 4.79 Å². The topological polar surface area (TPSA) is 41.1 Å². The minimum atomic E-state index is -4.82. The number of amides is 1. The van der Waals surface area contributed by atoms with Crippen molar-refractivity contribution in [2.75, 3.05) is 19.6 Å². The Morgan fingerprint density at radius 1 is 1.25 bits per heavy atom. The van der Waals surface area contributed by atoms with E-state index in [4.69, 9.17) is 0 Å².